The summed E-state index contributed by atoms with van der Waals surface area (Å²) < 4.78 is 38.3. The molecule has 2 rings (SSSR count). The lowest BCUT2D eigenvalue weighted by atomic mass is 9.99. The van der Waals surface area contributed by atoms with E-state index < -0.39 is 29.2 Å². The zero-order valence-electron chi connectivity index (χ0n) is 8.78. The molecule has 0 bridgehead atoms. The first-order valence-corrected chi connectivity index (χ1v) is 4.76. The summed E-state index contributed by atoms with van der Waals surface area (Å²) in [6.45, 7) is -0.386. The fraction of sp³-hybridized carbons (Fsp3) is 0.200. The van der Waals surface area contributed by atoms with Gasteiger partial charge in [0, 0.05) is 5.56 Å². The van der Waals surface area contributed by atoms with Crippen LogP contribution in [0.2, 0.25) is 0 Å². The third-order valence-corrected chi connectivity index (χ3v) is 2.62. The summed E-state index contributed by atoms with van der Waals surface area (Å²) >= 11 is 0. The minimum Gasteiger partial charge on any atom is -0.478 e. The lowest BCUT2D eigenvalue weighted by Crippen LogP contribution is -2.30. The third kappa shape index (κ3) is 1.80. The van der Waals surface area contributed by atoms with Gasteiger partial charge in [-0.3, -0.25) is 9.80 Å². The smallest absolute Gasteiger partial charge is 0.416 e. The number of carboxylic acids is 1. The highest BCUT2D eigenvalue weighted by molar-refractivity contribution is 6.01. The van der Waals surface area contributed by atoms with Gasteiger partial charge in [0.05, 0.1) is 17.7 Å². The second-order valence-electron chi connectivity index (χ2n) is 3.79. The molecule has 0 saturated heterocycles. The maximum absolute atomic E-state index is 12.8. The molecule has 1 aliphatic heterocycles. The van der Waals surface area contributed by atoms with E-state index in [9.17, 15) is 22.8 Å². The zero-order valence-corrected chi connectivity index (χ0v) is 8.78. The van der Waals surface area contributed by atoms with E-state index in [0.29, 0.717) is 11.1 Å². The molecule has 0 radical (unpaired) electrons. The van der Waals surface area contributed by atoms with Crippen molar-refractivity contribution in [2.24, 2.45) is 5.84 Å². The maximum atomic E-state index is 12.8. The van der Waals surface area contributed by atoms with Gasteiger partial charge in [0.15, 0.2) is 0 Å². The minimum atomic E-state index is -4.74. The van der Waals surface area contributed by atoms with Crippen LogP contribution >= 0.6 is 0 Å². The van der Waals surface area contributed by atoms with E-state index in [-0.39, 0.29) is 17.7 Å². The van der Waals surface area contributed by atoms with Crippen LogP contribution in [0.4, 0.5) is 13.2 Å². The largest absolute Gasteiger partial charge is 0.478 e. The number of carbonyl (C=O) groups is 2. The third-order valence-electron chi connectivity index (χ3n) is 2.62. The number of fused-ring (bicyclic) bond motifs is 1. The lowest BCUT2D eigenvalue weighted by molar-refractivity contribution is -0.138. The van der Waals surface area contributed by atoms with Crippen molar-refractivity contribution in [1.29, 1.82) is 0 Å². The number of carbonyl (C=O) groups excluding carboxylic acids is 1. The Morgan fingerprint density at radius 3 is 2.50 bits per heavy atom. The van der Waals surface area contributed by atoms with E-state index in [1.807, 2.05) is 0 Å². The SMILES string of the molecule is NN1Cc2c(cc(C(=O)O)cc2C(F)(F)F)C1=O. The number of hydrazine groups is 1. The monoisotopic (exact) mass is 260 g/mol. The van der Waals surface area contributed by atoms with Crippen molar-refractivity contribution in [2.45, 2.75) is 12.7 Å². The Labute approximate surface area is 98.6 Å². The molecule has 0 spiro atoms. The molecule has 18 heavy (non-hydrogen) atoms. The van der Waals surface area contributed by atoms with Crippen molar-refractivity contribution in [3.8, 4) is 0 Å². The fourth-order valence-electron chi connectivity index (χ4n) is 1.81. The molecule has 8 heteroatoms. The Balaban J connectivity index is 2.72. The average Bonchev–Trinajstić information content (AvgIpc) is 2.52. The van der Waals surface area contributed by atoms with Gasteiger partial charge in [-0.1, -0.05) is 0 Å². The number of benzene rings is 1. The number of carboxylic acid groups (broad SMARTS) is 1. The number of rotatable bonds is 1. The summed E-state index contributed by atoms with van der Waals surface area (Å²) in [5.74, 6) is 2.88. The Kier molecular flexibility index (Phi) is 2.54. The number of alkyl halides is 3. The van der Waals surface area contributed by atoms with Crippen LogP contribution in [0.3, 0.4) is 0 Å². The number of hydrogen-bond donors (Lipinski definition) is 2. The van der Waals surface area contributed by atoms with Crippen LogP contribution in [0.15, 0.2) is 12.1 Å². The van der Waals surface area contributed by atoms with Crippen molar-refractivity contribution in [3.63, 3.8) is 0 Å². The van der Waals surface area contributed by atoms with E-state index in [2.05, 4.69) is 0 Å². The quantitative estimate of drug-likeness (QED) is 0.587. The van der Waals surface area contributed by atoms with E-state index in [1.54, 1.807) is 0 Å². The second kappa shape index (κ2) is 3.70. The van der Waals surface area contributed by atoms with Crippen molar-refractivity contribution in [2.75, 3.05) is 0 Å². The van der Waals surface area contributed by atoms with Gasteiger partial charge in [0.25, 0.3) is 5.91 Å². The van der Waals surface area contributed by atoms with Crippen molar-refractivity contribution in [1.82, 2.24) is 5.01 Å². The number of aromatic carboxylic acids is 1. The maximum Gasteiger partial charge on any atom is 0.416 e. The standard InChI is InChI=1S/C10H7F3N2O3/c11-10(12,13)7-2-4(9(17)18)1-5-6(7)3-15(14)8(5)16/h1-2H,3,14H2,(H,17,18). The van der Waals surface area contributed by atoms with Gasteiger partial charge in [0.1, 0.15) is 0 Å². The summed E-state index contributed by atoms with van der Waals surface area (Å²) in [4.78, 5) is 22.2. The first kappa shape index (κ1) is 12.4. The molecule has 1 aromatic rings. The highest BCUT2D eigenvalue weighted by atomic mass is 19.4. The number of nitrogens with two attached hydrogens (primary N) is 1. The topological polar surface area (TPSA) is 83.6 Å². The normalized spacial score (nSPS) is 14.9. The van der Waals surface area contributed by atoms with Crippen molar-refractivity contribution in [3.05, 3.63) is 34.4 Å². The van der Waals surface area contributed by atoms with Gasteiger partial charge in [-0.05, 0) is 17.7 Å². The first-order chi connectivity index (χ1) is 8.21. The summed E-state index contributed by atoms with van der Waals surface area (Å²) in [5, 5.41) is 9.35. The molecule has 3 N–H and O–H groups in total. The Morgan fingerprint density at radius 1 is 1.39 bits per heavy atom. The summed E-state index contributed by atoms with van der Waals surface area (Å²) in [6, 6.07) is 1.41. The van der Waals surface area contributed by atoms with Crippen LogP contribution in [0.1, 0.15) is 31.8 Å². The molecule has 96 valence electrons. The summed E-state index contributed by atoms with van der Waals surface area (Å²) in [6.07, 6.45) is -4.74. The van der Waals surface area contributed by atoms with Gasteiger partial charge >= 0.3 is 12.1 Å². The number of halogens is 3. The number of nitrogens with zero attached hydrogens (tertiary/aromatic N) is 1. The molecule has 0 aromatic heterocycles. The molecule has 1 amide bonds. The molecular weight excluding hydrogens is 253 g/mol. The molecule has 0 fully saturated rings. The Bertz CT molecular complexity index is 554. The molecular formula is C10H7F3N2O3. The molecule has 0 saturated carbocycles. The fourth-order valence-corrected chi connectivity index (χ4v) is 1.81. The van der Waals surface area contributed by atoms with Gasteiger partial charge in [-0.2, -0.15) is 13.2 Å². The average molecular weight is 260 g/mol. The van der Waals surface area contributed by atoms with Crippen LogP contribution in [0.25, 0.3) is 0 Å². The molecule has 0 atom stereocenters. The van der Waals surface area contributed by atoms with Gasteiger partial charge in [-0.15, -0.1) is 0 Å². The van der Waals surface area contributed by atoms with Crippen molar-refractivity contribution >= 4 is 11.9 Å². The van der Waals surface area contributed by atoms with E-state index in [4.69, 9.17) is 10.9 Å². The molecule has 1 aliphatic rings. The number of hydrogen-bond acceptors (Lipinski definition) is 3. The molecule has 0 unspecified atom stereocenters. The summed E-state index contributed by atoms with van der Waals surface area (Å²) in [7, 11) is 0. The van der Waals surface area contributed by atoms with E-state index >= 15 is 0 Å². The predicted molar refractivity (Wildman–Crippen MR) is 52.5 cm³/mol. The molecule has 1 aromatic carbocycles. The Hall–Kier alpha value is -2.09. The van der Waals surface area contributed by atoms with Crippen LogP contribution in [-0.4, -0.2) is 22.0 Å². The molecule has 0 aliphatic carbocycles. The zero-order chi connectivity index (χ0) is 13.7. The lowest BCUT2D eigenvalue weighted by Gasteiger charge is -2.12. The minimum absolute atomic E-state index is 0.292. The molecule has 5 nitrogen and oxygen atoms in total. The highest BCUT2D eigenvalue weighted by Gasteiger charge is 2.40. The van der Waals surface area contributed by atoms with Crippen LogP contribution in [0, 0.1) is 0 Å². The first-order valence-electron chi connectivity index (χ1n) is 4.76. The number of amides is 1. The predicted octanol–water partition coefficient (Wildman–Crippen LogP) is 1.23. The van der Waals surface area contributed by atoms with Gasteiger partial charge in [0.2, 0.25) is 0 Å². The van der Waals surface area contributed by atoms with Crippen LogP contribution < -0.4 is 5.84 Å². The highest BCUT2D eigenvalue weighted by Crippen LogP contribution is 2.37. The van der Waals surface area contributed by atoms with Crippen molar-refractivity contribution < 1.29 is 27.9 Å². The van der Waals surface area contributed by atoms with Crippen LogP contribution in [-0.2, 0) is 12.7 Å². The van der Waals surface area contributed by atoms with Gasteiger partial charge < -0.3 is 5.11 Å². The van der Waals surface area contributed by atoms with Crippen LogP contribution in [0.5, 0.6) is 0 Å². The summed E-state index contributed by atoms with van der Waals surface area (Å²) in [5.41, 5.74) is -2.34. The van der Waals surface area contributed by atoms with E-state index in [0.717, 1.165) is 6.07 Å². The second-order valence-corrected chi connectivity index (χ2v) is 3.79. The Morgan fingerprint density at radius 2 is 2.00 bits per heavy atom. The van der Waals surface area contributed by atoms with Gasteiger partial charge in [-0.25, -0.2) is 10.6 Å². The van der Waals surface area contributed by atoms with E-state index in [1.165, 1.54) is 0 Å². The molecule has 1 heterocycles.